The Morgan fingerprint density at radius 3 is 2.03 bits per heavy atom. The molecule has 0 saturated heterocycles. The van der Waals surface area contributed by atoms with Crippen LogP contribution in [0.2, 0.25) is 0 Å². The van der Waals surface area contributed by atoms with Gasteiger partial charge in [-0.15, -0.1) is 0 Å². The number of rotatable bonds is 10. The summed E-state index contributed by atoms with van der Waals surface area (Å²) >= 11 is 0. The van der Waals surface area contributed by atoms with E-state index in [1.165, 1.54) is 39.3 Å². The minimum absolute atomic E-state index is 0.155. The maximum Gasteiger partial charge on any atom is 0.264 e. The highest BCUT2D eigenvalue weighted by Crippen LogP contribution is 2.23. The van der Waals surface area contributed by atoms with Crippen LogP contribution in [-0.2, 0) is 20.0 Å². The second kappa shape index (κ2) is 11.1. The fraction of sp³-hybridized carbons (Fsp3) is 0.240. The summed E-state index contributed by atoms with van der Waals surface area (Å²) in [5, 5.41) is 2.73. The lowest BCUT2D eigenvalue weighted by atomic mass is 10.2. The van der Waals surface area contributed by atoms with Gasteiger partial charge < -0.3 is 10.1 Å². The average Bonchev–Trinajstić information content (AvgIpc) is 2.86. The molecule has 192 valence electrons. The van der Waals surface area contributed by atoms with E-state index in [1.807, 2.05) is 6.92 Å². The topological polar surface area (TPSA) is 113 Å². The fourth-order valence-electron chi connectivity index (χ4n) is 3.20. The molecule has 0 aromatic heterocycles. The number of carbonyl (C=O) groups excluding carboxylic acids is 1. The Morgan fingerprint density at radius 1 is 0.833 bits per heavy atom. The highest BCUT2D eigenvalue weighted by atomic mass is 32.2. The molecule has 3 rings (SSSR count). The smallest absolute Gasteiger partial charge is 0.264 e. The predicted molar refractivity (Wildman–Crippen MR) is 138 cm³/mol. The predicted octanol–water partition coefficient (Wildman–Crippen LogP) is 2.88. The number of aryl methyl sites for hydroxylation is 1. The molecule has 0 spiro atoms. The first-order valence-electron chi connectivity index (χ1n) is 11.0. The average molecular weight is 532 g/mol. The van der Waals surface area contributed by atoms with E-state index < -0.39 is 20.0 Å². The first kappa shape index (κ1) is 27.2. The first-order chi connectivity index (χ1) is 16.9. The molecule has 0 fully saturated rings. The number of hydrogen-bond acceptors (Lipinski definition) is 6. The quantitative estimate of drug-likeness (QED) is 0.403. The van der Waals surface area contributed by atoms with Crippen LogP contribution in [0, 0.1) is 6.92 Å². The third-order valence-electron chi connectivity index (χ3n) is 5.41. The number of carbonyl (C=O) groups is 1. The van der Waals surface area contributed by atoms with Gasteiger partial charge in [0, 0.05) is 26.7 Å². The molecule has 0 aliphatic carbocycles. The van der Waals surface area contributed by atoms with Gasteiger partial charge in [0.1, 0.15) is 12.4 Å². The van der Waals surface area contributed by atoms with Crippen LogP contribution in [0.4, 0.5) is 5.69 Å². The van der Waals surface area contributed by atoms with Crippen LogP contribution in [0.15, 0.2) is 82.6 Å². The van der Waals surface area contributed by atoms with Gasteiger partial charge in [-0.05, 0) is 61.5 Å². The third kappa shape index (κ3) is 6.23. The molecular formula is C25H29N3O6S2. The van der Waals surface area contributed by atoms with Crippen molar-refractivity contribution in [1.29, 1.82) is 0 Å². The summed E-state index contributed by atoms with van der Waals surface area (Å²) in [5.41, 5.74) is 1.61. The molecule has 0 heterocycles. The second-order valence-electron chi connectivity index (χ2n) is 8.20. The molecule has 1 N–H and O–H groups in total. The van der Waals surface area contributed by atoms with Gasteiger partial charge >= 0.3 is 0 Å². The van der Waals surface area contributed by atoms with E-state index in [0.29, 0.717) is 17.0 Å². The van der Waals surface area contributed by atoms with Crippen molar-refractivity contribution < 1.29 is 26.4 Å². The Labute approximate surface area is 212 Å². The van der Waals surface area contributed by atoms with Gasteiger partial charge in [0.2, 0.25) is 10.0 Å². The molecule has 0 bridgehead atoms. The molecule has 0 saturated carbocycles. The summed E-state index contributed by atoms with van der Waals surface area (Å²) in [5.74, 6) is 0.0842. The van der Waals surface area contributed by atoms with Crippen LogP contribution in [0.25, 0.3) is 0 Å². The summed E-state index contributed by atoms with van der Waals surface area (Å²) in [7, 11) is -2.94. The van der Waals surface area contributed by atoms with Crippen molar-refractivity contribution in [3.63, 3.8) is 0 Å². The van der Waals surface area contributed by atoms with Crippen molar-refractivity contribution in [3.05, 3.63) is 83.9 Å². The van der Waals surface area contributed by atoms with Gasteiger partial charge in [0.15, 0.2) is 0 Å². The number of benzene rings is 3. The van der Waals surface area contributed by atoms with Crippen LogP contribution in [0.1, 0.15) is 15.9 Å². The number of nitrogens with zero attached hydrogens (tertiary/aromatic N) is 2. The normalized spacial score (nSPS) is 11.8. The molecule has 11 heteroatoms. The Bertz CT molecular complexity index is 1420. The number of hydrogen-bond donors (Lipinski definition) is 1. The van der Waals surface area contributed by atoms with Crippen molar-refractivity contribution in [2.75, 3.05) is 38.6 Å². The van der Waals surface area contributed by atoms with Gasteiger partial charge in [-0.1, -0.05) is 23.8 Å². The van der Waals surface area contributed by atoms with Gasteiger partial charge in [-0.25, -0.2) is 21.1 Å². The molecule has 0 aliphatic heterocycles. The van der Waals surface area contributed by atoms with Crippen LogP contribution in [0.5, 0.6) is 5.75 Å². The van der Waals surface area contributed by atoms with Crippen molar-refractivity contribution >= 4 is 31.6 Å². The Hall–Kier alpha value is -3.41. The zero-order chi connectivity index (χ0) is 26.5. The van der Waals surface area contributed by atoms with Crippen LogP contribution in [0.3, 0.4) is 0 Å². The zero-order valence-electron chi connectivity index (χ0n) is 20.5. The summed E-state index contributed by atoms with van der Waals surface area (Å²) in [6, 6.07) is 18.9. The Morgan fingerprint density at radius 2 is 1.42 bits per heavy atom. The fourth-order valence-corrected chi connectivity index (χ4v) is 5.29. The molecule has 36 heavy (non-hydrogen) atoms. The van der Waals surface area contributed by atoms with E-state index in [2.05, 4.69) is 5.32 Å². The summed E-state index contributed by atoms with van der Waals surface area (Å²) in [6.45, 7) is 2.23. The van der Waals surface area contributed by atoms with E-state index >= 15 is 0 Å². The lowest BCUT2D eigenvalue weighted by Gasteiger charge is -2.20. The van der Waals surface area contributed by atoms with Gasteiger partial charge in [-0.2, -0.15) is 0 Å². The maximum atomic E-state index is 13.0. The lowest BCUT2D eigenvalue weighted by Crippen LogP contribution is -2.29. The van der Waals surface area contributed by atoms with Crippen molar-refractivity contribution in [1.82, 2.24) is 9.62 Å². The van der Waals surface area contributed by atoms with Crippen LogP contribution >= 0.6 is 0 Å². The molecule has 9 nitrogen and oxygen atoms in total. The molecule has 0 radical (unpaired) electrons. The summed E-state index contributed by atoms with van der Waals surface area (Å²) in [6.07, 6.45) is 0. The SMILES string of the molecule is Cc1ccc(S(=O)(=O)N(C)c2cccc(C(=O)NCCOc3ccc(S(=O)(=O)N(C)C)cc3)c2)cc1. The summed E-state index contributed by atoms with van der Waals surface area (Å²) in [4.78, 5) is 12.9. The highest BCUT2D eigenvalue weighted by Gasteiger charge is 2.22. The highest BCUT2D eigenvalue weighted by molar-refractivity contribution is 7.92. The van der Waals surface area contributed by atoms with Gasteiger partial charge in [0.25, 0.3) is 15.9 Å². The monoisotopic (exact) mass is 531 g/mol. The van der Waals surface area contributed by atoms with E-state index in [4.69, 9.17) is 4.74 Å². The van der Waals surface area contributed by atoms with Crippen molar-refractivity contribution in [2.24, 2.45) is 0 Å². The number of nitrogens with one attached hydrogen (secondary N) is 1. The molecule has 0 atom stereocenters. The van der Waals surface area contributed by atoms with E-state index in [1.54, 1.807) is 54.6 Å². The molecule has 0 aliphatic rings. The second-order valence-corrected chi connectivity index (χ2v) is 12.3. The number of amides is 1. The molecule has 3 aromatic carbocycles. The van der Waals surface area contributed by atoms with E-state index in [-0.39, 0.29) is 28.8 Å². The van der Waals surface area contributed by atoms with Crippen LogP contribution < -0.4 is 14.4 Å². The standard InChI is InChI=1S/C25H29N3O6S2/c1-19-8-12-24(13-9-19)36(32,33)28(4)21-7-5-6-20(18-21)25(29)26-16-17-34-22-10-14-23(15-11-22)35(30,31)27(2)3/h5-15,18H,16-17H2,1-4H3,(H,26,29). The van der Waals surface area contributed by atoms with Crippen molar-refractivity contribution in [3.8, 4) is 5.75 Å². The molecule has 1 amide bonds. The Balaban J connectivity index is 1.58. The number of sulfonamides is 2. The molecule has 0 unspecified atom stereocenters. The van der Waals surface area contributed by atoms with E-state index in [0.717, 1.165) is 14.2 Å². The van der Waals surface area contributed by atoms with Crippen LogP contribution in [-0.4, -0.2) is 61.3 Å². The minimum atomic E-state index is -3.78. The van der Waals surface area contributed by atoms with E-state index in [9.17, 15) is 21.6 Å². The van der Waals surface area contributed by atoms with Crippen molar-refractivity contribution in [2.45, 2.75) is 16.7 Å². The lowest BCUT2D eigenvalue weighted by molar-refractivity contribution is 0.0947. The molecule has 3 aromatic rings. The number of ether oxygens (including phenoxy) is 1. The maximum absolute atomic E-state index is 13.0. The largest absolute Gasteiger partial charge is 0.492 e. The summed E-state index contributed by atoms with van der Waals surface area (Å²) < 4.78 is 58.0. The zero-order valence-corrected chi connectivity index (χ0v) is 22.1. The third-order valence-corrected chi connectivity index (χ3v) is 9.04. The Kier molecular flexibility index (Phi) is 8.39. The van der Waals surface area contributed by atoms with Gasteiger partial charge in [0.05, 0.1) is 22.0 Å². The van der Waals surface area contributed by atoms with Gasteiger partial charge in [-0.3, -0.25) is 9.10 Å². The first-order valence-corrected chi connectivity index (χ1v) is 13.9. The number of anilines is 1. The minimum Gasteiger partial charge on any atom is -0.492 e. The molecular weight excluding hydrogens is 502 g/mol.